The van der Waals surface area contributed by atoms with Gasteiger partial charge in [0.05, 0.1) is 0 Å². The van der Waals surface area contributed by atoms with Gasteiger partial charge in [0.15, 0.2) is 0 Å². The molecule has 0 radical (unpaired) electrons. The molecular weight excluding hydrogens is 196 g/mol. The van der Waals surface area contributed by atoms with E-state index in [0.717, 1.165) is 24.3 Å². The molecule has 2 fully saturated rings. The molecule has 2 nitrogen and oxygen atoms in total. The van der Waals surface area contributed by atoms with E-state index in [4.69, 9.17) is 0 Å². The topological polar surface area (TPSA) is 24.9 Å². The molecule has 3 rings (SSSR count). The van der Waals surface area contributed by atoms with Crippen molar-refractivity contribution in [3.8, 4) is 0 Å². The Hall–Kier alpha value is -0.890. The van der Waals surface area contributed by atoms with E-state index in [1.54, 1.807) is 0 Å². The Bertz CT molecular complexity index is 339. The van der Waals surface area contributed by atoms with Gasteiger partial charge in [-0.1, -0.05) is 6.07 Å². The van der Waals surface area contributed by atoms with Crippen LogP contribution < -0.4 is 5.32 Å². The highest BCUT2D eigenvalue weighted by atomic mass is 14.9. The van der Waals surface area contributed by atoms with E-state index in [9.17, 15) is 0 Å². The summed E-state index contributed by atoms with van der Waals surface area (Å²) in [4.78, 5) is 4.34. The first-order valence-corrected chi connectivity index (χ1v) is 6.50. The van der Waals surface area contributed by atoms with Crippen molar-refractivity contribution in [1.82, 2.24) is 10.3 Å². The van der Waals surface area contributed by atoms with Crippen LogP contribution in [0.2, 0.25) is 0 Å². The average Bonchev–Trinajstić information content (AvgIpc) is 3.17. The molecule has 1 N–H and O–H groups in total. The van der Waals surface area contributed by atoms with Crippen molar-refractivity contribution in [2.24, 2.45) is 11.3 Å². The summed E-state index contributed by atoms with van der Waals surface area (Å²) >= 11 is 0. The van der Waals surface area contributed by atoms with Crippen molar-refractivity contribution in [2.75, 3.05) is 13.1 Å². The van der Waals surface area contributed by atoms with Crippen LogP contribution in [0.5, 0.6) is 0 Å². The van der Waals surface area contributed by atoms with Crippen molar-refractivity contribution in [2.45, 2.75) is 32.1 Å². The van der Waals surface area contributed by atoms with Gasteiger partial charge in [0.2, 0.25) is 0 Å². The van der Waals surface area contributed by atoms with Gasteiger partial charge in [0, 0.05) is 31.4 Å². The summed E-state index contributed by atoms with van der Waals surface area (Å²) in [5, 5.41) is 3.62. The number of nitrogens with one attached hydrogen (secondary N) is 1. The number of hydrogen-bond acceptors (Lipinski definition) is 2. The SMILES string of the molecule is c1ccc(CCNCC2(C3CC3)CC2)nc1. The van der Waals surface area contributed by atoms with E-state index in [2.05, 4.69) is 22.4 Å². The first-order valence-electron chi connectivity index (χ1n) is 6.50. The third-order valence-electron chi connectivity index (χ3n) is 4.10. The van der Waals surface area contributed by atoms with Gasteiger partial charge in [0.25, 0.3) is 0 Å². The largest absolute Gasteiger partial charge is 0.316 e. The first kappa shape index (κ1) is 10.3. The van der Waals surface area contributed by atoms with Gasteiger partial charge >= 0.3 is 0 Å². The Labute approximate surface area is 97.5 Å². The van der Waals surface area contributed by atoms with Crippen LogP contribution in [-0.4, -0.2) is 18.1 Å². The van der Waals surface area contributed by atoms with Crippen LogP contribution in [0.3, 0.4) is 0 Å². The minimum atomic E-state index is 0.726. The maximum Gasteiger partial charge on any atom is 0.0416 e. The molecule has 86 valence electrons. The molecule has 1 heterocycles. The molecule has 2 aliphatic carbocycles. The van der Waals surface area contributed by atoms with E-state index in [1.165, 1.54) is 37.9 Å². The number of aromatic nitrogens is 1. The van der Waals surface area contributed by atoms with Crippen molar-refractivity contribution in [1.29, 1.82) is 0 Å². The van der Waals surface area contributed by atoms with Crippen LogP contribution in [0.15, 0.2) is 24.4 Å². The van der Waals surface area contributed by atoms with Crippen molar-refractivity contribution >= 4 is 0 Å². The molecule has 0 atom stereocenters. The third-order valence-corrected chi connectivity index (χ3v) is 4.10. The summed E-state index contributed by atoms with van der Waals surface area (Å²) in [5.74, 6) is 1.06. The maximum atomic E-state index is 4.34. The average molecular weight is 216 g/mol. The highest BCUT2D eigenvalue weighted by Crippen LogP contribution is 2.60. The number of nitrogens with zero attached hydrogens (tertiary/aromatic N) is 1. The zero-order valence-corrected chi connectivity index (χ0v) is 9.78. The molecule has 0 unspecified atom stereocenters. The summed E-state index contributed by atoms with van der Waals surface area (Å²) in [7, 11) is 0. The summed E-state index contributed by atoms with van der Waals surface area (Å²) < 4.78 is 0. The predicted molar refractivity (Wildman–Crippen MR) is 65.2 cm³/mol. The smallest absolute Gasteiger partial charge is 0.0416 e. The molecule has 0 amide bonds. The zero-order chi connectivity index (χ0) is 10.8. The van der Waals surface area contributed by atoms with E-state index in [1.807, 2.05) is 12.3 Å². The number of pyridine rings is 1. The van der Waals surface area contributed by atoms with Gasteiger partial charge in [-0.3, -0.25) is 4.98 Å². The fourth-order valence-corrected chi connectivity index (χ4v) is 2.69. The quantitative estimate of drug-likeness (QED) is 0.739. The molecule has 0 aliphatic heterocycles. The van der Waals surface area contributed by atoms with Crippen LogP contribution in [0.1, 0.15) is 31.4 Å². The standard InChI is InChI=1S/C14H20N2/c1-2-9-16-13(3-1)6-10-15-11-14(7-8-14)12-4-5-12/h1-3,9,12,15H,4-8,10-11H2. The molecule has 0 spiro atoms. The summed E-state index contributed by atoms with van der Waals surface area (Å²) in [6, 6.07) is 6.15. The van der Waals surface area contributed by atoms with E-state index in [-0.39, 0.29) is 0 Å². The lowest BCUT2D eigenvalue weighted by Gasteiger charge is -2.14. The van der Waals surface area contributed by atoms with E-state index < -0.39 is 0 Å². The summed E-state index contributed by atoms with van der Waals surface area (Å²) in [6.45, 7) is 2.32. The van der Waals surface area contributed by atoms with Crippen LogP contribution in [-0.2, 0) is 6.42 Å². The van der Waals surface area contributed by atoms with Gasteiger partial charge in [-0.25, -0.2) is 0 Å². The fourth-order valence-electron chi connectivity index (χ4n) is 2.69. The summed E-state index contributed by atoms with van der Waals surface area (Å²) in [6.07, 6.45) is 8.84. The highest BCUT2D eigenvalue weighted by Gasteiger charge is 2.52. The van der Waals surface area contributed by atoms with E-state index in [0.29, 0.717) is 0 Å². The molecule has 2 aliphatic rings. The first-order chi connectivity index (χ1) is 7.89. The highest BCUT2D eigenvalue weighted by molar-refractivity contribution is 5.06. The third kappa shape index (κ3) is 2.27. The number of rotatable bonds is 6. The Balaban J connectivity index is 1.38. The minimum Gasteiger partial charge on any atom is -0.316 e. The zero-order valence-electron chi connectivity index (χ0n) is 9.78. The Kier molecular flexibility index (Phi) is 2.68. The lowest BCUT2D eigenvalue weighted by atomic mass is 10.0. The molecule has 2 heteroatoms. The second-order valence-corrected chi connectivity index (χ2v) is 5.38. The fraction of sp³-hybridized carbons (Fsp3) is 0.643. The minimum absolute atomic E-state index is 0.726. The van der Waals surface area contributed by atoms with Crippen molar-refractivity contribution < 1.29 is 0 Å². The molecule has 0 aromatic carbocycles. The van der Waals surface area contributed by atoms with Crippen LogP contribution in [0.4, 0.5) is 0 Å². The summed E-state index contributed by atoms with van der Waals surface area (Å²) in [5.41, 5.74) is 1.93. The molecule has 2 saturated carbocycles. The predicted octanol–water partition coefficient (Wildman–Crippen LogP) is 2.40. The lowest BCUT2D eigenvalue weighted by molar-refractivity contribution is 0.405. The normalized spacial score (nSPS) is 22.0. The van der Waals surface area contributed by atoms with Gasteiger partial charge < -0.3 is 5.32 Å². The second kappa shape index (κ2) is 4.17. The van der Waals surface area contributed by atoms with E-state index >= 15 is 0 Å². The molecule has 16 heavy (non-hydrogen) atoms. The number of hydrogen-bond donors (Lipinski definition) is 1. The van der Waals surface area contributed by atoms with Gasteiger partial charge in [-0.2, -0.15) is 0 Å². The van der Waals surface area contributed by atoms with Gasteiger partial charge in [-0.05, 0) is 49.1 Å². The second-order valence-electron chi connectivity index (χ2n) is 5.38. The molecule has 0 saturated heterocycles. The lowest BCUT2D eigenvalue weighted by Crippen LogP contribution is -2.27. The monoisotopic (exact) mass is 216 g/mol. The van der Waals surface area contributed by atoms with Gasteiger partial charge in [-0.15, -0.1) is 0 Å². The Morgan fingerprint density at radius 3 is 2.81 bits per heavy atom. The maximum absolute atomic E-state index is 4.34. The van der Waals surface area contributed by atoms with Crippen LogP contribution in [0.25, 0.3) is 0 Å². The molecule has 0 bridgehead atoms. The Morgan fingerprint density at radius 2 is 2.19 bits per heavy atom. The van der Waals surface area contributed by atoms with Crippen LogP contribution >= 0.6 is 0 Å². The molecule has 1 aromatic rings. The Morgan fingerprint density at radius 1 is 1.31 bits per heavy atom. The van der Waals surface area contributed by atoms with Gasteiger partial charge in [0.1, 0.15) is 0 Å². The molecule has 1 aromatic heterocycles. The van der Waals surface area contributed by atoms with Crippen molar-refractivity contribution in [3.63, 3.8) is 0 Å². The van der Waals surface area contributed by atoms with Crippen molar-refractivity contribution in [3.05, 3.63) is 30.1 Å². The van der Waals surface area contributed by atoms with Crippen LogP contribution in [0, 0.1) is 11.3 Å². The molecular formula is C14H20N2.